The van der Waals surface area contributed by atoms with Crippen molar-refractivity contribution in [2.45, 2.75) is 10.1 Å². The molecule has 0 fully saturated rings. The van der Waals surface area contributed by atoms with E-state index in [1.807, 2.05) is 0 Å². The van der Waals surface area contributed by atoms with Gasteiger partial charge in [-0.2, -0.15) is 13.8 Å². The van der Waals surface area contributed by atoms with Crippen LogP contribution in [0.5, 0.6) is 0 Å². The summed E-state index contributed by atoms with van der Waals surface area (Å²) in [4.78, 5) is 9.40. The average molecular weight is 327 g/mol. The summed E-state index contributed by atoms with van der Waals surface area (Å²) in [6.07, 6.45) is 3.05. The highest BCUT2D eigenvalue weighted by Gasteiger charge is 2.23. The van der Waals surface area contributed by atoms with Crippen molar-refractivity contribution < 1.29 is 17.6 Å². The van der Waals surface area contributed by atoms with Gasteiger partial charge in [-0.15, -0.1) is 5.10 Å². The fourth-order valence-electron chi connectivity index (χ4n) is 1.58. The molecule has 3 heterocycles. The molecule has 0 atom stereocenters. The second-order valence-electron chi connectivity index (χ2n) is 3.96. The third kappa shape index (κ3) is 2.64. The summed E-state index contributed by atoms with van der Waals surface area (Å²) in [6, 6.07) is 3.28. The minimum atomic E-state index is -1.73. The van der Waals surface area contributed by atoms with E-state index < -0.39 is 28.4 Å². The molecule has 10 heteroatoms. The molecule has 0 amide bonds. The fourth-order valence-corrected chi connectivity index (χ4v) is 2.34. The van der Waals surface area contributed by atoms with Gasteiger partial charge in [0.2, 0.25) is 5.16 Å². The van der Waals surface area contributed by atoms with Crippen molar-refractivity contribution in [2.24, 2.45) is 0 Å². The summed E-state index contributed by atoms with van der Waals surface area (Å²) in [5.41, 5.74) is 0.641. The molecule has 0 unspecified atom stereocenters. The molecule has 0 aliphatic carbocycles. The highest BCUT2D eigenvalue weighted by molar-refractivity contribution is 7.99. The number of hydrogen-bond donors (Lipinski definition) is 1. The Morgan fingerprint density at radius 1 is 0.909 bits per heavy atom. The van der Waals surface area contributed by atoms with Gasteiger partial charge in [-0.1, -0.05) is 0 Å². The van der Waals surface area contributed by atoms with Crippen LogP contribution in [0.2, 0.25) is 0 Å². The molecule has 22 heavy (non-hydrogen) atoms. The highest BCUT2D eigenvalue weighted by Crippen LogP contribution is 2.32. The van der Waals surface area contributed by atoms with E-state index in [0.717, 1.165) is 0 Å². The summed E-state index contributed by atoms with van der Waals surface area (Å²) >= 11 is 0.346. The van der Waals surface area contributed by atoms with Crippen LogP contribution in [0.3, 0.4) is 0 Å². The zero-order valence-corrected chi connectivity index (χ0v) is 11.3. The van der Waals surface area contributed by atoms with Gasteiger partial charge in [0.15, 0.2) is 17.5 Å². The number of aromatic nitrogens is 5. The predicted molar refractivity (Wildman–Crippen MR) is 67.8 cm³/mol. The van der Waals surface area contributed by atoms with Crippen molar-refractivity contribution >= 4 is 11.8 Å². The lowest BCUT2D eigenvalue weighted by Gasteiger charge is -2.02. The lowest BCUT2D eigenvalue weighted by molar-refractivity contribution is 0.383. The van der Waals surface area contributed by atoms with Crippen molar-refractivity contribution in [2.75, 3.05) is 0 Å². The van der Waals surface area contributed by atoms with Crippen molar-refractivity contribution in [3.8, 4) is 11.4 Å². The minimum Gasteiger partial charge on any atom is -0.265 e. The van der Waals surface area contributed by atoms with Gasteiger partial charge in [0.1, 0.15) is 0 Å². The Balaban J connectivity index is 1.94. The van der Waals surface area contributed by atoms with E-state index in [0.29, 0.717) is 23.1 Å². The summed E-state index contributed by atoms with van der Waals surface area (Å²) in [7, 11) is 0. The normalized spacial score (nSPS) is 10.9. The number of rotatable bonds is 3. The second kappa shape index (κ2) is 5.72. The van der Waals surface area contributed by atoms with Gasteiger partial charge in [-0.25, -0.2) is 13.8 Å². The Morgan fingerprint density at radius 3 is 2.18 bits per heavy atom. The van der Waals surface area contributed by atoms with Crippen LogP contribution in [0.25, 0.3) is 11.4 Å². The lowest BCUT2D eigenvalue weighted by atomic mass is 10.3. The van der Waals surface area contributed by atoms with Crippen LogP contribution in [-0.2, 0) is 0 Å². The number of hydrogen-bond acceptors (Lipinski definition) is 5. The van der Waals surface area contributed by atoms with Gasteiger partial charge in [0.25, 0.3) is 11.9 Å². The molecule has 0 saturated heterocycles. The summed E-state index contributed by atoms with van der Waals surface area (Å²) < 4.78 is 53.1. The Bertz CT molecular complexity index is 798. The zero-order chi connectivity index (χ0) is 15.7. The van der Waals surface area contributed by atoms with Gasteiger partial charge < -0.3 is 0 Å². The van der Waals surface area contributed by atoms with E-state index in [1.54, 1.807) is 12.1 Å². The van der Waals surface area contributed by atoms with Crippen LogP contribution < -0.4 is 0 Å². The summed E-state index contributed by atoms with van der Waals surface area (Å²) in [6.45, 7) is 0. The Morgan fingerprint density at radius 2 is 1.55 bits per heavy atom. The maximum absolute atomic E-state index is 13.5. The van der Waals surface area contributed by atoms with Gasteiger partial charge in [-0.3, -0.25) is 10.1 Å². The number of nitrogens with one attached hydrogen (secondary N) is 1. The number of H-pyrrole nitrogens is 1. The smallest absolute Gasteiger partial charge is 0.252 e. The van der Waals surface area contributed by atoms with Crippen LogP contribution in [0.15, 0.2) is 34.6 Å². The molecule has 0 aliphatic heterocycles. The third-order valence-corrected chi connectivity index (χ3v) is 3.50. The van der Waals surface area contributed by atoms with E-state index in [-0.39, 0.29) is 5.16 Å². The number of pyridine rings is 2. The molecule has 3 aromatic rings. The number of halogens is 4. The molecule has 0 spiro atoms. The molecule has 112 valence electrons. The molecular formula is C12H5F4N5S. The van der Waals surface area contributed by atoms with Crippen LogP contribution in [0.4, 0.5) is 17.6 Å². The highest BCUT2D eigenvalue weighted by atomic mass is 32.2. The standard InChI is InChI=1S/C12H5F4N5S/c13-6-8(7(14)10(16)18-9(6)15)22-12-19-11(20-21-12)5-1-3-17-4-2-5/h1-4H,(H,19,20,21). The van der Waals surface area contributed by atoms with E-state index in [4.69, 9.17) is 0 Å². The SMILES string of the molecule is Fc1nc(F)c(F)c(Sc2n[nH]c(-c3ccncc3)n2)c1F. The molecule has 0 radical (unpaired) electrons. The van der Waals surface area contributed by atoms with Crippen molar-refractivity contribution in [1.82, 2.24) is 25.1 Å². The maximum Gasteiger partial charge on any atom is 0.252 e. The largest absolute Gasteiger partial charge is 0.265 e. The molecule has 0 bridgehead atoms. The van der Waals surface area contributed by atoms with Crippen LogP contribution in [-0.4, -0.2) is 25.1 Å². The summed E-state index contributed by atoms with van der Waals surface area (Å²) in [5, 5.41) is 6.19. The molecule has 0 aromatic carbocycles. The maximum atomic E-state index is 13.5. The van der Waals surface area contributed by atoms with Gasteiger partial charge in [0.05, 0.1) is 4.90 Å². The van der Waals surface area contributed by atoms with Crippen LogP contribution in [0, 0.1) is 23.5 Å². The molecular weight excluding hydrogens is 322 g/mol. The average Bonchev–Trinajstić information content (AvgIpc) is 2.99. The van der Waals surface area contributed by atoms with E-state index in [9.17, 15) is 17.6 Å². The summed E-state index contributed by atoms with van der Waals surface area (Å²) in [5.74, 6) is -6.34. The van der Waals surface area contributed by atoms with Gasteiger partial charge >= 0.3 is 0 Å². The topological polar surface area (TPSA) is 67.3 Å². The first-order valence-electron chi connectivity index (χ1n) is 5.77. The Kier molecular flexibility index (Phi) is 3.75. The fraction of sp³-hybridized carbons (Fsp3) is 0. The van der Waals surface area contributed by atoms with Crippen molar-refractivity contribution in [3.05, 3.63) is 48.1 Å². The second-order valence-corrected chi connectivity index (χ2v) is 4.93. The molecule has 1 N–H and O–H groups in total. The molecule has 0 aliphatic rings. The van der Waals surface area contributed by atoms with E-state index >= 15 is 0 Å². The van der Waals surface area contributed by atoms with Gasteiger partial charge in [-0.05, 0) is 23.9 Å². The lowest BCUT2D eigenvalue weighted by Crippen LogP contribution is -2.02. The minimum absolute atomic E-state index is 0.102. The molecule has 5 nitrogen and oxygen atoms in total. The van der Waals surface area contributed by atoms with Crippen molar-refractivity contribution in [1.29, 1.82) is 0 Å². The van der Waals surface area contributed by atoms with E-state index in [1.165, 1.54) is 12.4 Å². The molecule has 3 aromatic heterocycles. The number of nitrogens with zero attached hydrogens (tertiary/aromatic N) is 4. The quantitative estimate of drug-likeness (QED) is 0.592. The number of aromatic amines is 1. The predicted octanol–water partition coefficient (Wildman–Crippen LogP) is 2.97. The van der Waals surface area contributed by atoms with Crippen LogP contribution in [0.1, 0.15) is 0 Å². The monoisotopic (exact) mass is 327 g/mol. The van der Waals surface area contributed by atoms with Crippen molar-refractivity contribution in [3.63, 3.8) is 0 Å². The first kappa shape index (κ1) is 14.4. The third-order valence-electron chi connectivity index (χ3n) is 2.57. The zero-order valence-electron chi connectivity index (χ0n) is 10.5. The first-order chi connectivity index (χ1) is 10.6. The Hall–Kier alpha value is -2.49. The van der Waals surface area contributed by atoms with Crippen LogP contribution >= 0.6 is 11.8 Å². The van der Waals surface area contributed by atoms with E-state index in [2.05, 4.69) is 25.1 Å². The van der Waals surface area contributed by atoms with Gasteiger partial charge in [0, 0.05) is 18.0 Å². The first-order valence-corrected chi connectivity index (χ1v) is 6.58. The Labute approximate surface area is 124 Å². The molecule has 0 saturated carbocycles. The molecule has 3 rings (SSSR count).